The number of carbonyl (C=O) groups excluding carboxylic acids is 2. The number of aromatic nitrogens is 1. The number of ether oxygens (including phenoxy) is 4. The fourth-order valence-electron chi connectivity index (χ4n) is 4.49. The third-order valence-electron chi connectivity index (χ3n) is 6.02. The molecule has 0 N–H and O–H groups in total. The molecule has 1 unspecified atom stereocenters. The molecule has 3 aliphatic rings. The van der Waals surface area contributed by atoms with Gasteiger partial charge in [-0.1, -0.05) is 12.1 Å². The first-order valence-electron chi connectivity index (χ1n) is 10.3. The predicted molar refractivity (Wildman–Crippen MR) is 115 cm³/mol. The highest BCUT2D eigenvalue weighted by Gasteiger charge is 2.55. The number of rotatable bonds is 4. The maximum absolute atomic E-state index is 13.7. The number of benzene rings is 1. The average Bonchev–Trinajstić information content (AvgIpc) is 3.06. The Morgan fingerprint density at radius 3 is 2.78 bits per heavy atom. The summed E-state index contributed by atoms with van der Waals surface area (Å²) in [5, 5.41) is 0.747. The zero-order valence-electron chi connectivity index (χ0n) is 18.2. The number of amides is 1. The lowest BCUT2D eigenvalue weighted by molar-refractivity contribution is -0.136. The van der Waals surface area contributed by atoms with E-state index < -0.39 is 11.7 Å². The Morgan fingerprint density at radius 1 is 1.28 bits per heavy atom. The smallest absolute Gasteiger partial charge is 0.341 e. The predicted octanol–water partition coefficient (Wildman–Crippen LogP) is 3.19. The minimum absolute atomic E-state index is 0.250. The third-order valence-corrected chi connectivity index (χ3v) is 6.02. The zero-order valence-corrected chi connectivity index (χ0v) is 18.2. The topological polar surface area (TPSA) is 87.2 Å². The Morgan fingerprint density at radius 2 is 2.06 bits per heavy atom. The monoisotopic (exact) mass is 434 g/mol. The van der Waals surface area contributed by atoms with E-state index in [0.717, 1.165) is 5.39 Å². The van der Waals surface area contributed by atoms with Gasteiger partial charge in [-0.15, -0.1) is 0 Å². The van der Waals surface area contributed by atoms with Gasteiger partial charge in [-0.25, -0.2) is 9.78 Å². The van der Waals surface area contributed by atoms with Crippen molar-refractivity contribution in [2.24, 2.45) is 0 Å². The van der Waals surface area contributed by atoms with E-state index in [1.165, 1.54) is 25.4 Å². The molecule has 2 atom stereocenters. The molecule has 0 radical (unpaired) electrons. The SMILES string of the molecule is CCOc1c2c(nc3ccccc13)C1(OC)C=C3C(C(=O)OC)=CO[C@@H](C)C3=CN1C2=O. The first-order chi connectivity index (χ1) is 15.5. The molecule has 8 nitrogen and oxygen atoms in total. The maximum atomic E-state index is 13.7. The number of esters is 1. The lowest BCUT2D eigenvalue weighted by atomic mass is 9.87. The molecule has 4 heterocycles. The van der Waals surface area contributed by atoms with Crippen LogP contribution >= 0.6 is 0 Å². The maximum Gasteiger partial charge on any atom is 0.341 e. The van der Waals surface area contributed by atoms with E-state index in [1.54, 1.807) is 12.3 Å². The van der Waals surface area contributed by atoms with Crippen LogP contribution in [0.5, 0.6) is 5.75 Å². The standard InChI is InChI=1S/C24H22N2O6/c1-5-31-20-14-8-6-7-9-18(14)25-21-19(20)22(27)26-11-16-13(2)32-12-17(23(28)29-3)15(16)10-24(21,26)30-4/h6-13H,5H2,1-4H3/t13-,24?/m0/s1. The molecular formula is C24H22N2O6. The quantitative estimate of drug-likeness (QED) is 0.683. The summed E-state index contributed by atoms with van der Waals surface area (Å²) < 4.78 is 22.5. The van der Waals surface area contributed by atoms with Crippen molar-refractivity contribution in [2.45, 2.75) is 25.7 Å². The third kappa shape index (κ3) is 2.56. The Bertz CT molecular complexity index is 1260. The van der Waals surface area contributed by atoms with E-state index in [-0.39, 0.29) is 17.6 Å². The average molecular weight is 434 g/mol. The minimum Gasteiger partial charge on any atom is -0.493 e. The number of pyridine rings is 1. The largest absolute Gasteiger partial charge is 0.493 e. The van der Waals surface area contributed by atoms with E-state index in [1.807, 2.05) is 38.1 Å². The van der Waals surface area contributed by atoms with Crippen LogP contribution in [0.3, 0.4) is 0 Å². The number of nitrogens with zero attached hydrogens (tertiary/aromatic N) is 2. The fraction of sp³-hybridized carbons (Fsp3) is 0.292. The highest BCUT2D eigenvalue weighted by molar-refractivity contribution is 6.08. The number of hydrogen-bond acceptors (Lipinski definition) is 7. The van der Waals surface area contributed by atoms with Gasteiger partial charge < -0.3 is 18.9 Å². The molecule has 1 amide bonds. The van der Waals surface area contributed by atoms with Crippen LogP contribution in [0.25, 0.3) is 10.9 Å². The second kappa shape index (κ2) is 7.20. The van der Waals surface area contributed by atoms with E-state index in [0.29, 0.717) is 40.3 Å². The van der Waals surface area contributed by atoms with Gasteiger partial charge in [0.1, 0.15) is 28.7 Å². The molecule has 3 aliphatic heterocycles. The van der Waals surface area contributed by atoms with Crippen LogP contribution in [0.4, 0.5) is 0 Å². The van der Waals surface area contributed by atoms with Crippen LogP contribution in [-0.4, -0.2) is 48.7 Å². The molecule has 32 heavy (non-hydrogen) atoms. The molecule has 5 rings (SSSR count). The van der Waals surface area contributed by atoms with Crippen LogP contribution in [0.15, 0.2) is 59.5 Å². The number of fused-ring (bicyclic) bond motifs is 5. The molecule has 0 bridgehead atoms. The van der Waals surface area contributed by atoms with Crippen LogP contribution in [0, 0.1) is 0 Å². The molecule has 1 aromatic carbocycles. The van der Waals surface area contributed by atoms with Crippen molar-refractivity contribution in [1.29, 1.82) is 0 Å². The molecule has 0 saturated heterocycles. The van der Waals surface area contributed by atoms with Gasteiger partial charge in [0, 0.05) is 29.8 Å². The van der Waals surface area contributed by atoms with Gasteiger partial charge >= 0.3 is 5.97 Å². The van der Waals surface area contributed by atoms with E-state index in [4.69, 9.17) is 23.9 Å². The molecule has 0 fully saturated rings. The van der Waals surface area contributed by atoms with Crippen LogP contribution in [0.2, 0.25) is 0 Å². The van der Waals surface area contributed by atoms with Gasteiger partial charge in [0.05, 0.1) is 25.5 Å². The molecular weight excluding hydrogens is 412 g/mol. The Hall–Kier alpha value is -3.65. The van der Waals surface area contributed by atoms with E-state index in [2.05, 4.69) is 0 Å². The molecule has 0 saturated carbocycles. The number of para-hydroxylation sites is 1. The summed E-state index contributed by atoms with van der Waals surface area (Å²) in [4.78, 5) is 32.4. The van der Waals surface area contributed by atoms with Crippen molar-refractivity contribution in [3.8, 4) is 5.75 Å². The Kier molecular flexibility index (Phi) is 4.56. The fourth-order valence-corrected chi connectivity index (χ4v) is 4.49. The van der Waals surface area contributed by atoms with Gasteiger partial charge in [-0.3, -0.25) is 9.69 Å². The normalized spacial score (nSPS) is 23.4. The minimum atomic E-state index is -1.34. The lowest BCUT2D eigenvalue weighted by Gasteiger charge is -2.39. The van der Waals surface area contributed by atoms with Crippen molar-refractivity contribution in [3.63, 3.8) is 0 Å². The van der Waals surface area contributed by atoms with Crippen molar-refractivity contribution in [2.75, 3.05) is 20.8 Å². The summed E-state index contributed by atoms with van der Waals surface area (Å²) >= 11 is 0. The Labute approximate surface area is 184 Å². The Balaban J connectivity index is 1.82. The van der Waals surface area contributed by atoms with Gasteiger partial charge in [-0.2, -0.15) is 0 Å². The van der Waals surface area contributed by atoms with Crippen molar-refractivity contribution < 1.29 is 28.5 Å². The summed E-state index contributed by atoms with van der Waals surface area (Å²) in [7, 11) is 2.82. The second-order valence-electron chi connectivity index (χ2n) is 7.63. The number of hydrogen-bond donors (Lipinski definition) is 0. The number of carbonyl (C=O) groups is 2. The molecule has 8 heteroatoms. The van der Waals surface area contributed by atoms with Crippen LogP contribution in [0.1, 0.15) is 29.9 Å². The lowest BCUT2D eigenvalue weighted by Crippen LogP contribution is -2.45. The summed E-state index contributed by atoms with van der Waals surface area (Å²) in [5.74, 6) is -0.371. The van der Waals surface area contributed by atoms with Gasteiger partial charge in [0.15, 0.2) is 0 Å². The van der Waals surface area contributed by atoms with Gasteiger partial charge in [0.25, 0.3) is 5.91 Å². The van der Waals surface area contributed by atoms with E-state index >= 15 is 0 Å². The zero-order chi connectivity index (χ0) is 22.6. The van der Waals surface area contributed by atoms with Crippen molar-refractivity contribution in [1.82, 2.24) is 9.88 Å². The molecule has 164 valence electrons. The molecule has 0 aliphatic carbocycles. The summed E-state index contributed by atoms with van der Waals surface area (Å²) in [6.07, 6.45) is 4.42. The second-order valence-corrected chi connectivity index (χ2v) is 7.63. The van der Waals surface area contributed by atoms with Crippen LogP contribution in [-0.2, 0) is 24.7 Å². The molecule has 0 spiro atoms. The first-order valence-corrected chi connectivity index (χ1v) is 10.3. The highest BCUT2D eigenvalue weighted by Crippen LogP contribution is 2.50. The van der Waals surface area contributed by atoms with Crippen molar-refractivity contribution >= 4 is 22.8 Å². The number of methoxy groups -OCH3 is 2. The first kappa shape index (κ1) is 20.3. The summed E-state index contributed by atoms with van der Waals surface area (Å²) in [6.45, 7) is 4.09. The highest BCUT2D eigenvalue weighted by atomic mass is 16.5. The van der Waals surface area contributed by atoms with Crippen molar-refractivity contribution in [3.05, 3.63) is 70.8 Å². The van der Waals surface area contributed by atoms with Gasteiger partial charge in [0.2, 0.25) is 5.72 Å². The molecule has 1 aromatic heterocycles. The van der Waals surface area contributed by atoms with E-state index in [9.17, 15) is 9.59 Å². The van der Waals surface area contributed by atoms with Crippen LogP contribution < -0.4 is 4.74 Å². The molecule has 2 aromatic rings. The summed E-state index contributed by atoms with van der Waals surface area (Å²) in [6, 6.07) is 7.49. The van der Waals surface area contributed by atoms with Gasteiger partial charge in [-0.05, 0) is 32.1 Å². The summed E-state index contributed by atoms with van der Waals surface area (Å²) in [5.41, 5.74) is 1.60.